The number of halogens is 1. The number of aliphatic hydroxyl groups excluding tert-OH is 1. The van der Waals surface area contributed by atoms with Gasteiger partial charge in [0.1, 0.15) is 5.60 Å². The van der Waals surface area contributed by atoms with Crippen LogP contribution in [0.2, 0.25) is 5.02 Å². The van der Waals surface area contributed by atoms with Gasteiger partial charge in [-0.25, -0.2) is 4.98 Å². The van der Waals surface area contributed by atoms with Gasteiger partial charge in [-0.1, -0.05) is 44.5 Å². The van der Waals surface area contributed by atoms with E-state index in [1.807, 2.05) is 30.5 Å². The molecule has 1 aliphatic carbocycles. The van der Waals surface area contributed by atoms with Crippen molar-refractivity contribution in [3.8, 4) is 5.88 Å². The van der Waals surface area contributed by atoms with Crippen LogP contribution in [0.3, 0.4) is 0 Å². The first-order valence-corrected chi connectivity index (χ1v) is 13.0. The molecule has 2 heterocycles. The molecule has 0 bridgehead atoms. The monoisotopic (exact) mass is 499 g/mol. The van der Waals surface area contributed by atoms with Gasteiger partial charge in [0.25, 0.3) is 0 Å². The van der Waals surface area contributed by atoms with Crippen LogP contribution in [0, 0.1) is 5.41 Å². The third kappa shape index (κ3) is 6.75. The van der Waals surface area contributed by atoms with Crippen molar-refractivity contribution < 1.29 is 14.6 Å². The number of nitrogens with zero attached hydrogens (tertiary/aromatic N) is 1. The van der Waals surface area contributed by atoms with E-state index >= 15 is 0 Å². The molecular formula is C28H38ClN3O3. The first kappa shape index (κ1) is 25.9. The van der Waals surface area contributed by atoms with Crippen molar-refractivity contribution in [1.29, 1.82) is 0 Å². The number of rotatable bonds is 8. The molecule has 0 unspecified atom stereocenters. The first-order valence-electron chi connectivity index (χ1n) is 12.6. The number of carbonyl (C=O) groups is 1. The molecule has 35 heavy (non-hydrogen) atoms. The Morgan fingerprint density at radius 3 is 2.57 bits per heavy atom. The summed E-state index contributed by atoms with van der Waals surface area (Å²) >= 11 is 6.01. The average Bonchev–Trinajstić information content (AvgIpc) is 2.75. The summed E-state index contributed by atoms with van der Waals surface area (Å²) in [5, 5.41) is 18.3. The molecule has 1 aromatic carbocycles. The molecule has 2 aromatic rings. The minimum atomic E-state index is -0.760. The Morgan fingerprint density at radius 1 is 1.26 bits per heavy atom. The van der Waals surface area contributed by atoms with Crippen LogP contribution >= 0.6 is 11.6 Å². The number of aliphatic hydroxyl groups is 1. The molecule has 7 heteroatoms. The highest BCUT2D eigenvalue weighted by atomic mass is 35.5. The fourth-order valence-corrected chi connectivity index (χ4v) is 5.30. The quantitative estimate of drug-likeness (QED) is 0.487. The number of ether oxygens (including phenoxy) is 1. The molecule has 1 aliphatic heterocycles. The molecular weight excluding hydrogens is 462 g/mol. The Bertz CT molecular complexity index is 1030. The van der Waals surface area contributed by atoms with Crippen molar-refractivity contribution in [2.24, 2.45) is 5.41 Å². The highest BCUT2D eigenvalue weighted by Gasteiger charge is 2.46. The molecule has 3 atom stereocenters. The van der Waals surface area contributed by atoms with Gasteiger partial charge in [-0.05, 0) is 66.8 Å². The molecule has 6 nitrogen and oxygen atoms in total. The van der Waals surface area contributed by atoms with Gasteiger partial charge in [-0.2, -0.15) is 0 Å². The number of hydrogen-bond donors (Lipinski definition) is 3. The van der Waals surface area contributed by atoms with E-state index in [9.17, 15) is 9.90 Å². The molecule has 2 aliphatic rings. The van der Waals surface area contributed by atoms with Gasteiger partial charge in [0.2, 0.25) is 11.8 Å². The van der Waals surface area contributed by atoms with Gasteiger partial charge in [-0.15, -0.1) is 0 Å². The van der Waals surface area contributed by atoms with E-state index in [1.54, 1.807) is 0 Å². The minimum absolute atomic E-state index is 0.0367. The van der Waals surface area contributed by atoms with Crippen LogP contribution in [0.25, 0.3) is 0 Å². The second-order valence-corrected chi connectivity index (χ2v) is 11.9. The van der Waals surface area contributed by atoms with Gasteiger partial charge in [0.05, 0.1) is 12.1 Å². The number of pyridine rings is 1. The third-order valence-electron chi connectivity index (χ3n) is 6.99. The van der Waals surface area contributed by atoms with Crippen molar-refractivity contribution in [2.45, 2.75) is 90.0 Å². The number of carbonyl (C=O) groups excluding carboxylic acids is 1. The lowest BCUT2D eigenvalue weighted by Gasteiger charge is -2.47. The lowest BCUT2D eigenvalue weighted by molar-refractivity contribution is -0.120. The lowest BCUT2D eigenvalue weighted by atomic mass is 9.73. The smallest absolute Gasteiger partial charge is 0.218 e. The maximum absolute atomic E-state index is 11.9. The first-order chi connectivity index (χ1) is 16.5. The van der Waals surface area contributed by atoms with Crippen molar-refractivity contribution in [3.05, 3.63) is 58.2 Å². The fraction of sp³-hybridized carbons (Fsp3) is 0.571. The molecule has 1 fully saturated rings. The summed E-state index contributed by atoms with van der Waals surface area (Å²) in [5.41, 5.74) is 3.26. The fourth-order valence-electron chi connectivity index (χ4n) is 5.17. The van der Waals surface area contributed by atoms with Gasteiger partial charge < -0.3 is 20.5 Å². The highest BCUT2D eigenvalue weighted by Crippen LogP contribution is 2.48. The summed E-state index contributed by atoms with van der Waals surface area (Å²) in [5.74, 6) is 0.545. The normalized spacial score (nSPS) is 20.3. The van der Waals surface area contributed by atoms with Crippen LogP contribution in [0.1, 0.15) is 76.1 Å². The number of nitrogens with one attached hydrogen (secondary N) is 2. The van der Waals surface area contributed by atoms with Crippen LogP contribution in [0.5, 0.6) is 5.88 Å². The molecule has 3 N–H and O–H groups in total. The van der Waals surface area contributed by atoms with E-state index in [0.29, 0.717) is 23.9 Å². The molecule has 1 spiro atoms. The molecule has 1 aromatic heterocycles. The zero-order valence-electron chi connectivity index (χ0n) is 21.2. The Hall–Kier alpha value is -2.15. The van der Waals surface area contributed by atoms with E-state index < -0.39 is 12.1 Å². The van der Waals surface area contributed by atoms with Crippen LogP contribution in [0.4, 0.5) is 0 Å². The predicted molar refractivity (Wildman–Crippen MR) is 139 cm³/mol. The molecule has 1 saturated carbocycles. The standard InChI is InChI=1S/C28H38ClN3O3/c1-18(33)32-23(13-19-6-8-21(29)9-7-19)25(34)17-30-24-15-28(10-5-11-28)35-26-22(24)12-20(16-31-26)14-27(2,3)4/h6-9,12,16,23-25,30,34H,5,10-11,13-15,17H2,1-4H3,(H,32,33)/t23-,24-,25-/m0/s1. The van der Waals surface area contributed by atoms with E-state index in [1.165, 1.54) is 18.9 Å². The molecule has 0 saturated heterocycles. The SMILES string of the molecule is CC(=O)N[C@@H](Cc1ccc(Cl)cc1)[C@@H](O)CN[C@H]1CC2(CCC2)Oc2ncc(CC(C)(C)C)cc21. The van der Waals surface area contributed by atoms with E-state index in [4.69, 9.17) is 21.3 Å². The summed E-state index contributed by atoms with van der Waals surface area (Å²) in [6, 6.07) is 9.33. The Labute approximate surface area is 213 Å². The number of aromatic nitrogens is 1. The topological polar surface area (TPSA) is 83.5 Å². The second-order valence-electron chi connectivity index (χ2n) is 11.5. The van der Waals surface area contributed by atoms with Crippen molar-refractivity contribution >= 4 is 17.5 Å². The summed E-state index contributed by atoms with van der Waals surface area (Å²) in [7, 11) is 0. The Balaban J connectivity index is 1.49. The van der Waals surface area contributed by atoms with Crippen LogP contribution in [-0.4, -0.2) is 40.3 Å². The van der Waals surface area contributed by atoms with Crippen molar-refractivity contribution in [3.63, 3.8) is 0 Å². The zero-order valence-corrected chi connectivity index (χ0v) is 22.0. The number of fused-ring (bicyclic) bond motifs is 1. The summed E-state index contributed by atoms with van der Waals surface area (Å²) < 4.78 is 6.38. The summed E-state index contributed by atoms with van der Waals surface area (Å²) in [4.78, 5) is 16.6. The van der Waals surface area contributed by atoms with E-state index in [-0.39, 0.29) is 23.0 Å². The van der Waals surface area contributed by atoms with Gasteiger partial charge in [-0.3, -0.25) is 4.79 Å². The number of benzene rings is 1. The third-order valence-corrected chi connectivity index (χ3v) is 7.25. The van der Waals surface area contributed by atoms with Crippen LogP contribution in [0.15, 0.2) is 36.5 Å². The minimum Gasteiger partial charge on any atom is -0.471 e. The number of hydrogen-bond acceptors (Lipinski definition) is 5. The van der Waals surface area contributed by atoms with E-state index in [2.05, 4.69) is 37.5 Å². The van der Waals surface area contributed by atoms with Crippen LogP contribution < -0.4 is 15.4 Å². The average molecular weight is 500 g/mol. The maximum atomic E-state index is 11.9. The highest BCUT2D eigenvalue weighted by molar-refractivity contribution is 6.30. The van der Waals surface area contributed by atoms with Gasteiger partial charge >= 0.3 is 0 Å². The molecule has 4 rings (SSSR count). The molecule has 1 amide bonds. The zero-order chi connectivity index (χ0) is 25.2. The molecule has 0 radical (unpaired) electrons. The van der Waals surface area contributed by atoms with Gasteiger partial charge in [0.15, 0.2) is 0 Å². The summed E-state index contributed by atoms with van der Waals surface area (Å²) in [6.07, 6.45) is 6.71. The van der Waals surface area contributed by atoms with Crippen molar-refractivity contribution in [2.75, 3.05) is 6.54 Å². The summed E-state index contributed by atoms with van der Waals surface area (Å²) in [6.45, 7) is 8.50. The Kier molecular flexibility index (Phi) is 7.74. The lowest BCUT2D eigenvalue weighted by Crippen LogP contribution is -2.52. The van der Waals surface area contributed by atoms with Gasteiger partial charge in [0, 0.05) is 42.7 Å². The second kappa shape index (κ2) is 10.5. The number of amides is 1. The molecule has 190 valence electrons. The largest absolute Gasteiger partial charge is 0.471 e. The van der Waals surface area contributed by atoms with Crippen molar-refractivity contribution in [1.82, 2.24) is 15.6 Å². The van der Waals surface area contributed by atoms with E-state index in [0.717, 1.165) is 36.8 Å². The maximum Gasteiger partial charge on any atom is 0.218 e. The Morgan fingerprint density at radius 2 is 1.97 bits per heavy atom. The predicted octanol–water partition coefficient (Wildman–Crippen LogP) is 4.77. The van der Waals surface area contributed by atoms with Crippen LogP contribution in [-0.2, 0) is 17.6 Å².